The first-order valence-corrected chi connectivity index (χ1v) is 8.01. The highest BCUT2D eigenvalue weighted by molar-refractivity contribution is 6.30. The molecule has 2 heterocycles. The summed E-state index contributed by atoms with van der Waals surface area (Å²) in [6, 6.07) is 6.11. The van der Waals surface area contributed by atoms with Gasteiger partial charge in [0.2, 0.25) is 5.91 Å². The monoisotopic (exact) mass is 307 g/mol. The SMILES string of the molecule is Cc1cc(Cl)ccc1NC(=O)CN1C[C@@H]2CCCN[C@@H]2C1. The third kappa shape index (κ3) is 3.57. The molecule has 0 aromatic heterocycles. The molecule has 5 heteroatoms. The molecule has 1 amide bonds. The molecule has 2 N–H and O–H groups in total. The maximum Gasteiger partial charge on any atom is 0.238 e. The zero-order valence-electron chi connectivity index (χ0n) is 12.4. The molecule has 3 rings (SSSR count). The van der Waals surface area contributed by atoms with E-state index in [-0.39, 0.29) is 5.91 Å². The smallest absolute Gasteiger partial charge is 0.238 e. The van der Waals surface area contributed by atoms with E-state index in [1.807, 2.05) is 19.1 Å². The minimum atomic E-state index is 0.0547. The molecule has 0 aliphatic carbocycles. The number of carbonyl (C=O) groups excluding carboxylic acids is 1. The van der Waals surface area contributed by atoms with Crippen molar-refractivity contribution in [2.75, 3.05) is 31.5 Å². The quantitative estimate of drug-likeness (QED) is 0.900. The Morgan fingerprint density at radius 2 is 2.33 bits per heavy atom. The van der Waals surface area contributed by atoms with E-state index in [4.69, 9.17) is 11.6 Å². The summed E-state index contributed by atoms with van der Waals surface area (Å²) in [4.78, 5) is 14.5. The standard InChI is InChI=1S/C16H22ClN3O/c1-11-7-13(17)4-5-14(11)19-16(21)10-20-8-12-3-2-6-18-15(12)9-20/h4-5,7,12,15,18H,2-3,6,8-10H2,1H3,(H,19,21)/t12-,15+/m0/s1. The van der Waals surface area contributed by atoms with Gasteiger partial charge in [-0.15, -0.1) is 0 Å². The highest BCUT2D eigenvalue weighted by Crippen LogP contribution is 2.25. The number of nitrogens with one attached hydrogen (secondary N) is 2. The van der Waals surface area contributed by atoms with Crippen LogP contribution in [-0.2, 0) is 4.79 Å². The Morgan fingerprint density at radius 1 is 1.48 bits per heavy atom. The number of halogens is 1. The topological polar surface area (TPSA) is 44.4 Å². The van der Waals surface area contributed by atoms with E-state index in [1.54, 1.807) is 6.07 Å². The van der Waals surface area contributed by atoms with Gasteiger partial charge in [-0.3, -0.25) is 9.69 Å². The summed E-state index contributed by atoms with van der Waals surface area (Å²) in [7, 11) is 0. The number of fused-ring (bicyclic) bond motifs is 1. The Morgan fingerprint density at radius 3 is 3.10 bits per heavy atom. The Hall–Kier alpha value is -1.10. The Kier molecular flexibility index (Phi) is 4.48. The molecule has 21 heavy (non-hydrogen) atoms. The second-order valence-corrected chi connectivity index (χ2v) is 6.60. The summed E-state index contributed by atoms with van der Waals surface area (Å²) >= 11 is 5.93. The molecule has 0 unspecified atom stereocenters. The highest BCUT2D eigenvalue weighted by Gasteiger charge is 2.34. The van der Waals surface area contributed by atoms with Gasteiger partial charge >= 0.3 is 0 Å². The van der Waals surface area contributed by atoms with Crippen molar-refractivity contribution >= 4 is 23.2 Å². The number of hydrogen-bond acceptors (Lipinski definition) is 3. The van der Waals surface area contributed by atoms with E-state index < -0.39 is 0 Å². The number of likely N-dealkylation sites (tertiary alicyclic amines) is 1. The molecule has 2 saturated heterocycles. The second-order valence-electron chi connectivity index (χ2n) is 6.16. The molecule has 0 saturated carbocycles. The first-order valence-electron chi connectivity index (χ1n) is 7.63. The van der Waals surface area contributed by atoms with E-state index in [0.29, 0.717) is 23.5 Å². The number of hydrogen-bond donors (Lipinski definition) is 2. The van der Waals surface area contributed by atoms with Gasteiger partial charge in [-0.25, -0.2) is 0 Å². The van der Waals surface area contributed by atoms with Crippen LogP contribution < -0.4 is 10.6 Å². The van der Waals surface area contributed by atoms with Crippen LogP contribution in [0.5, 0.6) is 0 Å². The maximum absolute atomic E-state index is 12.2. The molecule has 0 radical (unpaired) electrons. The molecule has 1 aromatic rings. The lowest BCUT2D eigenvalue weighted by atomic mass is 9.94. The van der Waals surface area contributed by atoms with Crippen LogP contribution in [0, 0.1) is 12.8 Å². The maximum atomic E-state index is 12.2. The number of aryl methyl sites for hydroxylation is 1. The van der Waals surface area contributed by atoms with Crippen molar-refractivity contribution < 1.29 is 4.79 Å². The number of nitrogens with zero attached hydrogens (tertiary/aromatic N) is 1. The summed E-state index contributed by atoms with van der Waals surface area (Å²) in [6.45, 7) is 5.56. The van der Waals surface area contributed by atoms with Gasteiger partial charge in [-0.05, 0) is 56.0 Å². The first kappa shape index (κ1) is 14.8. The van der Waals surface area contributed by atoms with Crippen molar-refractivity contribution in [2.24, 2.45) is 5.92 Å². The van der Waals surface area contributed by atoms with Crippen LogP contribution in [0.15, 0.2) is 18.2 Å². The number of amides is 1. The Bertz CT molecular complexity index is 520. The van der Waals surface area contributed by atoms with Gasteiger partial charge < -0.3 is 10.6 Å². The molecule has 1 aromatic carbocycles. The number of carbonyl (C=O) groups is 1. The van der Waals surface area contributed by atoms with Crippen molar-refractivity contribution in [1.29, 1.82) is 0 Å². The lowest BCUT2D eigenvalue weighted by Gasteiger charge is -2.24. The van der Waals surface area contributed by atoms with Crippen LogP contribution in [-0.4, -0.2) is 43.0 Å². The summed E-state index contributed by atoms with van der Waals surface area (Å²) in [5.41, 5.74) is 1.84. The summed E-state index contributed by atoms with van der Waals surface area (Å²) in [5, 5.41) is 7.24. The number of piperidine rings is 1. The molecular weight excluding hydrogens is 286 g/mol. The summed E-state index contributed by atoms with van der Waals surface area (Å²) < 4.78 is 0. The number of benzene rings is 1. The highest BCUT2D eigenvalue weighted by atomic mass is 35.5. The molecule has 4 nitrogen and oxygen atoms in total. The minimum Gasteiger partial charge on any atom is -0.325 e. The predicted octanol–water partition coefficient (Wildman–Crippen LogP) is 2.27. The fraction of sp³-hybridized carbons (Fsp3) is 0.562. The average molecular weight is 308 g/mol. The fourth-order valence-electron chi connectivity index (χ4n) is 3.43. The molecule has 2 aliphatic rings. The van der Waals surface area contributed by atoms with Crippen LogP contribution in [0.4, 0.5) is 5.69 Å². The number of rotatable bonds is 3. The van der Waals surface area contributed by atoms with E-state index in [0.717, 1.165) is 30.9 Å². The van der Waals surface area contributed by atoms with Gasteiger partial charge in [0.1, 0.15) is 0 Å². The average Bonchev–Trinajstić information content (AvgIpc) is 2.84. The van der Waals surface area contributed by atoms with Crippen LogP contribution in [0.25, 0.3) is 0 Å². The van der Waals surface area contributed by atoms with Crippen molar-refractivity contribution in [1.82, 2.24) is 10.2 Å². The van der Waals surface area contributed by atoms with E-state index in [9.17, 15) is 4.79 Å². The van der Waals surface area contributed by atoms with Gasteiger partial charge in [0.25, 0.3) is 0 Å². The van der Waals surface area contributed by atoms with Crippen LogP contribution in [0.1, 0.15) is 18.4 Å². The molecule has 2 aliphatic heterocycles. The van der Waals surface area contributed by atoms with Gasteiger partial charge in [-0.2, -0.15) is 0 Å². The van der Waals surface area contributed by atoms with E-state index in [1.165, 1.54) is 12.8 Å². The zero-order chi connectivity index (χ0) is 14.8. The van der Waals surface area contributed by atoms with Gasteiger partial charge in [0.05, 0.1) is 6.54 Å². The summed E-state index contributed by atoms with van der Waals surface area (Å²) in [5.74, 6) is 0.767. The third-order valence-corrected chi connectivity index (χ3v) is 4.74. The Balaban J connectivity index is 1.55. The molecule has 0 bridgehead atoms. The lowest BCUT2D eigenvalue weighted by Crippen LogP contribution is -2.41. The lowest BCUT2D eigenvalue weighted by molar-refractivity contribution is -0.117. The van der Waals surface area contributed by atoms with Crippen molar-refractivity contribution in [2.45, 2.75) is 25.8 Å². The second kappa shape index (κ2) is 6.34. The van der Waals surface area contributed by atoms with Crippen molar-refractivity contribution in [3.05, 3.63) is 28.8 Å². The molecule has 114 valence electrons. The van der Waals surface area contributed by atoms with Gasteiger partial charge in [-0.1, -0.05) is 11.6 Å². The van der Waals surface area contributed by atoms with Crippen LogP contribution >= 0.6 is 11.6 Å². The Labute approximate surface area is 130 Å². The van der Waals surface area contributed by atoms with Crippen LogP contribution in [0.2, 0.25) is 5.02 Å². The minimum absolute atomic E-state index is 0.0547. The molecule has 0 spiro atoms. The van der Waals surface area contributed by atoms with Crippen molar-refractivity contribution in [3.63, 3.8) is 0 Å². The third-order valence-electron chi connectivity index (χ3n) is 4.50. The predicted molar refractivity (Wildman–Crippen MR) is 85.8 cm³/mol. The summed E-state index contributed by atoms with van der Waals surface area (Å²) in [6.07, 6.45) is 2.54. The van der Waals surface area contributed by atoms with E-state index in [2.05, 4.69) is 15.5 Å². The molecular formula is C16H22ClN3O. The van der Waals surface area contributed by atoms with E-state index >= 15 is 0 Å². The molecule has 2 atom stereocenters. The normalized spacial score (nSPS) is 25.6. The largest absolute Gasteiger partial charge is 0.325 e. The first-order chi connectivity index (χ1) is 10.1. The van der Waals surface area contributed by atoms with Crippen molar-refractivity contribution in [3.8, 4) is 0 Å². The van der Waals surface area contributed by atoms with Gasteiger partial charge in [0.15, 0.2) is 0 Å². The van der Waals surface area contributed by atoms with Crippen LogP contribution in [0.3, 0.4) is 0 Å². The van der Waals surface area contributed by atoms with Gasteiger partial charge in [0, 0.05) is 29.8 Å². The zero-order valence-corrected chi connectivity index (χ0v) is 13.1. The fourth-order valence-corrected chi connectivity index (χ4v) is 3.65. The number of anilines is 1. The molecule has 2 fully saturated rings.